The van der Waals surface area contributed by atoms with Crippen molar-refractivity contribution in [1.82, 2.24) is 10.2 Å². The van der Waals surface area contributed by atoms with Crippen molar-refractivity contribution in [3.8, 4) is 0 Å². The van der Waals surface area contributed by atoms with Crippen LogP contribution in [0.2, 0.25) is 0 Å². The maximum absolute atomic E-state index is 12.8. The minimum Gasteiger partial charge on any atom is -0.353 e. The fraction of sp³-hybridized carbons (Fsp3) is 0.647. The van der Waals surface area contributed by atoms with Gasteiger partial charge >= 0.3 is 0 Å². The molecule has 3 rings (SSSR count). The number of amides is 2. The van der Waals surface area contributed by atoms with Crippen LogP contribution in [0.25, 0.3) is 0 Å². The van der Waals surface area contributed by atoms with Crippen molar-refractivity contribution in [2.24, 2.45) is 5.92 Å². The van der Waals surface area contributed by atoms with Crippen molar-refractivity contribution in [2.75, 3.05) is 7.05 Å². The van der Waals surface area contributed by atoms with E-state index in [2.05, 4.69) is 5.32 Å². The summed E-state index contributed by atoms with van der Waals surface area (Å²) < 4.78 is 0. The van der Waals surface area contributed by atoms with Crippen LogP contribution in [0.3, 0.4) is 0 Å². The van der Waals surface area contributed by atoms with Gasteiger partial charge in [0.15, 0.2) is 0 Å². The molecule has 2 atom stereocenters. The Morgan fingerprint density at radius 1 is 1.27 bits per heavy atom. The number of piperidine rings is 1. The van der Waals surface area contributed by atoms with Gasteiger partial charge in [-0.05, 0) is 30.7 Å². The van der Waals surface area contributed by atoms with Crippen LogP contribution in [0.4, 0.5) is 0 Å². The number of likely N-dealkylation sites (tertiary alicyclic amines) is 1. The van der Waals surface area contributed by atoms with Gasteiger partial charge in [0.2, 0.25) is 11.8 Å². The maximum Gasteiger partial charge on any atom is 0.225 e. The van der Waals surface area contributed by atoms with Gasteiger partial charge in [0, 0.05) is 24.4 Å². The van der Waals surface area contributed by atoms with Crippen LogP contribution in [-0.4, -0.2) is 29.8 Å². The highest BCUT2D eigenvalue weighted by Gasteiger charge is 2.39. The van der Waals surface area contributed by atoms with Crippen LogP contribution in [0.15, 0.2) is 17.5 Å². The molecule has 2 heterocycles. The predicted octanol–water partition coefficient (Wildman–Crippen LogP) is 3.11. The molecular weight excluding hydrogens is 296 g/mol. The SMILES string of the molecule is CN1C(=O)CCC(C(=O)NC2CCCCC2)C1c1cccs1. The molecule has 2 unspecified atom stereocenters. The molecule has 5 heteroatoms. The van der Waals surface area contributed by atoms with Gasteiger partial charge in [0.25, 0.3) is 0 Å². The Hall–Kier alpha value is -1.36. The first kappa shape index (κ1) is 15.5. The first-order chi connectivity index (χ1) is 10.7. The van der Waals surface area contributed by atoms with Gasteiger partial charge in [0.05, 0.1) is 12.0 Å². The summed E-state index contributed by atoms with van der Waals surface area (Å²) in [6, 6.07) is 4.24. The summed E-state index contributed by atoms with van der Waals surface area (Å²) in [5.41, 5.74) is 0. The summed E-state index contributed by atoms with van der Waals surface area (Å²) in [5, 5.41) is 5.26. The van der Waals surface area contributed by atoms with Crippen molar-refractivity contribution in [2.45, 2.75) is 57.0 Å². The van der Waals surface area contributed by atoms with Gasteiger partial charge in [0.1, 0.15) is 0 Å². The van der Waals surface area contributed by atoms with Crippen LogP contribution in [0.1, 0.15) is 55.9 Å². The van der Waals surface area contributed by atoms with Gasteiger partial charge < -0.3 is 10.2 Å². The van der Waals surface area contributed by atoms with E-state index in [9.17, 15) is 9.59 Å². The molecule has 1 saturated carbocycles. The summed E-state index contributed by atoms with van der Waals surface area (Å²) in [4.78, 5) is 27.7. The van der Waals surface area contributed by atoms with E-state index in [4.69, 9.17) is 0 Å². The van der Waals surface area contributed by atoms with Gasteiger partial charge in [-0.2, -0.15) is 0 Å². The Balaban J connectivity index is 1.74. The third kappa shape index (κ3) is 3.19. The van der Waals surface area contributed by atoms with Gasteiger partial charge in [-0.25, -0.2) is 0 Å². The molecular formula is C17H24N2O2S. The lowest BCUT2D eigenvalue weighted by molar-refractivity contribution is -0.141. The van der Waals surface area contributed by atoms with E-state index in [1.165, 1.54) is 19.3 Å². The third-order valence-electron chi connectivity index (χ3n) is 4.98. The molecule has 22 heavy (non-hydrogen) atoms. The number of carbonyl (C=O) groups excluding carboxylic acids is 2. The summed E-state index contributed by atoms with van der Waals surface area (Å²) in [5.74, 6) is 0.146. The predicted molar refractivity (Wildman–Crippen MR) is 87.6 cm³/mol. The molecule has 0 spiro atoms. The van der Waals surface area contributed by atoms with E-state index < -0.39 is 0 Å². The summed E-state index contributed by atoms with van der Waals surface area (Å²) in [6.45, 7) is 0. The first-order valence-corrected chi connectivity index (χ1v) is 9.14. The standard InChI is InChI=1S/C17H24N2O2S/c1-19-15(20)10-9-13(16(19)14-8-5-11-22-14)17(21)18-12-6-3-2-4-7-12/h5,8,11-13,16H,2-4,6-7,9-10H2,1H3,(H,18,21). The van der Waals surface area contributed by atoms with Crippen molar-refractivity contribution >= 4 is 23.2 Å². The van der Waals surface area contributed by atoms with Crippen LogP contribution in [0, 0.1) is 5.92 Å². The Labute approximate surface area is 135 Å². The fourth-order valence-electron chi connectivity index (χ4n) is 3.72. The Morgan fingerprint density at radius 2 is 2.05 bits per heavy atom. The first-order valence-electron chi connectivity index (χ1n) is 8.26. The number of nitrogens with zero attached hydrogens (tertiary/aromatic N) is 1. The van der Waals surface area contributed by atoms with E-state index in [-0.39, 0.29) is 23.8 Å². The molecule has 4 nitrogen and oxygen atoms in total. The monoisotopic (exact) mass is 320 g/mol. The molecule has 1 aromatic rings. The largest absolute Gasteiger partial charge is 0.353 e. The molecule has 0 aromatic carbocycles. The molecule has 1 saturated heterocycles. The number of nitrogens with one attached hydrogen (secondary N) is 1. The zero-order chi connectivity index (χ0) is 15.5. The second kappa shape index (κ2) is 6.82. The number of hydrogen-bond acceptors (Lipinski definition) is 3. The molecule has 1 aliphatic carbocycles. The Bertz CT molecular complexity index is 523. The van der Waals surface area contributed by atoms with Gasteiger partial charge in [-0.1, -0.05) is 25.3 Å². The van der Waals surface area contributed by atoms with Crippen molar-refractivity contribution in [3.05, 3.63) is 22.4 Å². The molecule has 0 bridgehead atoms. The molecule has 1 aromatic heterocycles. The lowest BCUT2D eigenvalue weighted by atomic mass is 9.86. The highest BCUT2D eigenvalue weighted by Crippen LogP contribution is 2.38. The molecule has 2 fully saturated rings. The molecule has 1 aliphatic heterocycles. The van der Waals surface area contributed by atoms with Crippen LogP contribution >= 0.6 is 11.3 Å². The van der Waals surface area contributed by atoms with E-state index >= 15 is 0 Å². The van der Waals surface area contributed by atoms with E-state index in [1.807, 2.05) is 24.6 Å². The second-order valence-corrected chi connectivity index (χ2v) is 7.43. The average molecular weight is 320 g/mol. The smallest absolute Gasteiger partial charge is 0.225 e. The minimum absolute atomic E-state index is 0.107. The summed E-state index contributed by atoms with van der Waals surface area (Å²) >= 11 is 1.63. The number of hydrogen-bond donors (Lipinski definition) is 1. The average Bonchev–Trinajstić information content (AvgIpc) is 3.04. The highest BCUT2D eigenvalue weighted by atomic mass is 32.1. The summed E-state index contributed by atoms with van der Waals surface area (Å²) in [6.07, 6.45) is 7.02. The highest BCUT2D eigenvalue weighted by molar-refractivity contribution is 7.10. The fourth-order valence-corrected chi connectivity index (χ4v) is 4.65. The normalized spacial score (nSPS) is 27.0. The van der Waals surface area contributed by atoms with Crippen molar-refractivity contribution < 1.29 is 9.59 Å². The topological polar surface area (TPSA) is 49.4 Å². The van der Waals surface area contributed by atoms with E-state index in [0.717, 1.165) is 17.7 Å². The van der Waals surface area contributed by atoms with Crippen LogP contribution < -0.4 is 5.32 Å². The Morgan fingerprint density at radius 3 is 2.73 bits per heavy atom. The third-order valence-corrected chi connectivity index (χ3v) is 5.93. The van der Waals surface area contributed by atoms with E-state index in [1.54, 1.807) is 16.2 Å². The maximum atomic E-state index is 12.8. The summed E-state index contributed by atoms with van der Waals surface area (Å²) in [7, 11) is 1.83. The minimum atomic E-state index is -0.122. The van der Waals surface area contributed by atoms with Crippen molar-refractivity contribution in [1.29, 1.82) is 0 Å². The van der Waals surface area contributed by atoms with E-state index in [0.29, 0.717) is 18.9 Å². The number of thiophene rings is 1. The molecule has 120 valence electrons. The Kier molecular flexibility index (Phi) is 4.81. The van der Waals surface area contributed by atoms with Crippen molar-refractivity contribution in [3.63, 3.8) is 0 Å². The number of carbonyl (C=O) groups is 2. The second-order valence-electron chi connectivity index (χ2n) is 6.45. The number of rotatable bonds is 3. The molecule has 2 amide bonds. The molecule has 2 aliphatic rings. The van der Waals surface area contributed by atoms with Gasteiger partial charge in [-0.3, -0.25) is 9.59 Å². The van der Waals surface area contributed by atoms with Crippen LogP contribution in [0.5, 0.6) is 0 Å². The quantitative estimate of drug-likeness (QED) is 0.930. The zero-order valence-electron chi connectivity index (χ0n) is 13.1. The molecule has 0 radical (unpaired) electrons. The zero-order valence-corrected chi connectivity index (χ0v) is 13.9. The van der Waals surface area contributed by atoms with Gasteiger partial charge in [-0.15, -0.1) is 11.3 Å². The lowest BCUT2D eigenvalue weighted by Crippen LogP contribution is -2.48. The lowest BCUT2D eigenvalue weighted by Gasteiger charge is -2.38. The molecule has 1 N–H and O–H groups in total. The van der Waals surface area contributed by atoms with Crippen LogP contribution in [-0.2, 0) is 9.59 Å².